The van der Waals surface area contributed by atoms with Crippen molar-refractivity contribution in [2.45, 2.75) is 25.0 Å². The van der Waals surface area contributed by atoms with Gasteiger partial charge in [0.1, 0.15) is 11.3 Å². The Kier molecular flexibility index (Phi) is 3.88. The van der Waals surface area contributed by atoms with Crippen molar-refractivity contribution in [2.75, 3.05) is 18.5 Å². The maximum absolute atomic E-state index is 11.0. The molecular formula is C13H15N3O4. The minimum atomic E-state index is -1.04. The van der Waals surface area contributed by atoms with Crippen LogP contribution in [-0.2, 0) is 4.74 Å². The van der Waals surface area contributed by atoms with Gasteiger partial charge in [0.2, 0.25) is 0 Å². The van der Waals surface area contributed by atoms with E-state index in [-0.39, 0.29) is 29.6 Å². The Morgan fingerprint density at radius 1 is 1.70 bits per heavy atom. The van der Waals surface area contributed by atoms with Gasteiger partial charge in [-0.15, -0.1) is 0 Å². The number of rotatable bonds is 4. The van der Waals surface area contributed by atoms with Crippen LogP contribution in [0.1, 0.15) is 18.9 Å². The van der Waals surface area contributed by atoms with Crippen LogP contribution in [0.5, 0.6) is 0 Å². The lowest BCUT2D eigenvalue weighted by atomic mass is 9.96. The molecule has 2 unspecified atom stereocenters. The summed E-state index contributed by atoms with van der Waals surface area (Å²) in [6.07, 6.45) is 0.151. The summed E-state index contributed by atoms with van der Waals surface area (Å²) in [5, 5.41) is 33.0. The second-order valence-corrected chi connectivity index (χ2v) is 4.82. The number of nitro benzene ring substituents is 1. The molecule has 1 aromatic carbocycles. The Balaban J connectivity index is 2.17. The number of benzene rings is 1. The van der Waals surface area contributed by atoms with Crippen molar-refractivity contribution in [3.63, 3.8) is 0 Å². The number of anilines is 1. The molecule has 7 heteroatoms. The highest BCUT2D eigenvalue weighted by molar-refractivity contribution is 5.64. The number of nitriles is 1. The molecule has 0 aromatic heterocycles. The third kappa shape index (κ3) is 2.71. The van der Waals surface area contributed by atoms with Crippen molar-refractivity contribution in [1.29, 1.82) is 5.26 Å². The van der Waals surface area contributed by atoms with Gasteiger partial charge in [0.25, 0.3) is 5.69 Å². The van der Waals surface area contributed by atoms with Gasteiger partial charge in [0.05, 0.1) is 22.7 Å². The Morgan fingerprint density at radius 2 is 2.45 bits per heavy atom. The zero-order chi connectivity index (χ0) is 14.8. The molecule has 0 radical (unpaired) electrons. The van der Waals surface area contributed by atoms with Crippen LogP contribution in [0.25, 0.3) is 0 Å². The quantitative estimate of drug-likeness (QED) is 0.636. The van der Waals surface area contributed by atoms with E-state index in [0.717, 1.165) is 0 Å². The average molecular weight is 277 g/mol. The number of aliphatic hydroxyl groups is 1. The molecular weight excluding hydrogens is 262 g/mol. The first-order valence-electron chi connectivity index (χ1n) is 6.23. The highest BCUT2D eigenvalue weighted by Gasteiger charge is 2.39. The van der Waals surface area contributed by atoms with Crippen molar-refractivity contribution in [3.05, 3.63) is 33.9 Å². The van der Waals surface area contributed by atoms with Crippen molar-refractivity contribution in [1.82, 2.24) is 0 Å². The highest BCUT2D eigenvalue weighted by atomic mass is 16.6. The molecule has 1 aliphatic heterocycles. The molecule has 7 nitrogen and oxygen atoms in total. The van der Waals surface area contributed by atoms with Gasteiger partial charge >= 0.3 is 0 Å². The van der Waals surface area contributed by atoms with Crippen LogP contribution in [0.15, 0.2) is 18.2 Å². The minimum absolute atomic E-state index is 0.154. The summed E-state index contributed by atoms with van der Waals surface area (Å²) in [4.78, 5) is 10.4. The van der Waals surface area contributed by atoms with Crippen molar-refractivity contribution in [3.8, 4) is 6.07 Å². The Morgan fingerprint density at radius 3 is 3.00 bits per heavy atom. The first-order chi connectivity index (χ1) is 9.46. The molecule has 2 atom stereocenters. The molecule has 2 N–H and O–H groups in total. The van der Waals surface area contributed by atoms with E-state index in [4.69, 9.17) is 10.00 Å². The Bertz CT molecular complexity index is 569. The largest absolute Gasteiger partial charge is 0.385 e. The zero-order valence-electron chi connectivity index (χ0n) is 11.0. The molecule has 0 spiro atoms. The smallest absolute Gasteiger partial charge is 0.293 e. The predicted molar refractivity (Wildman–Crippen MR) is 71.3 cm³/mol. The molecule has 1 aromatic rings. The second-order valence-electron chi connectivity index (χ2n) is 4.82. The van der Waals surface area contributed by atoms with Crippen LogP contribution < -0.4 is 5.32 Å². The summed E-state index contributed by atoms with van der Waals surface area (Å²) in [6, 6.07) is 6.04. The van der Waals surface area contributed by atoms with Gasteiger partial charge in [-0.2, -0.15) is 5.26 Å². The predicted octanol–water partition coefficient (Wildman–Crippen LogP) is 1.42. The van der Waals surface area contributed by atoms with Gasteiger partial charge in [-0.25, -0.2) is 0 Å². The SMILES string of the molecule is CC1OCCC1(O)CNc1ccc(C#N)cc1[N+](=O)[O-]. The first-order valence-corrected chi connectivity index (χ1v) is 6.23. The number of nitrogens with zero attached hydrogens (tertiary/aromatic N) is 2. The monoisotopic (exact) mass is 277 g/mol. The van der Waals surface area contributed by atoms with E-state index in [1.807, 2.05) is 6.07 Å². The molecule has 1 heterocycles. The number of nitro groups is 1. The van der Waals surface area contributed by atoms with E-state index in [2.05, 4.69) is 5.32 Å². The molecule has 0 saturated carbocycles. The highest BCUT2D eigenvalue weighted by Crippen LogP contribution is 2.29. The van der Waals surface area contributed by atoms with E-state index in [1.165, 1.54) is 18.2 Å². The van der Waals surface area contributed by atoms with Crippen LogP contribution in [-0.4, -0.2) is 34.9 Å². The summed E-state index contributed by atoms with van der Waals surface area (Å²) in [5.74, 6) is 0. The fourth-order valence-electron chi connectivity index (χ4n) is 2.15. The summed E-state index contributed by atoms with van der Waals surface area (Å²) in [5.41, 5.74) is -0.721. The van der Waals surface area contributed by atoms with Gasteiger partial charge in [0, 0.05) is 25.6 Å². The summed E-state index contributed by atoms with van der Waals surface area (Å²) >= 11 is 0. The van der Waals surface area contributed by atoms with Crippen LogP contribution in [0, 0.1) is 21.4 Å². The standard InChI is InChI=1S/C13H15N3O4/c1-9-13(17,4-5-20-9)8-15-11-3-2-10(7-14)6-12(11)16(18)19/h2-3,6,9,15,17H,4-5,8H2,1H3. The van der Waals surface area contributed by atoms with Gasteiger partial charge < -0.3 is 15.2 Å². The third-order valence-electron chi connectivity index (χ3n) is 3.57. The number of nitrogens with one attached hydrogen (secondary N) is 1. The summed E-state index contributed by atoms with van der Waals surface area (Å²) in [6.45, 7) is 2.39. The fraction of sp³-hybridized carbons (Fsp3) is 0.462. The van der Waals surface area contributed by atoms with Gasteiger partial charge in [0.15, 0.2) is 0 Å². The van der Waals surface area contributed by atoms with Crippen LogP contribution >= 0.6 is 0 Å². The molecule has 20 heavy (non-hydrogen) atoms. The molecule has 0 aliphatic carbocycles. The lowest BCUT2D eigenvalue weighted by Gasteiger charge is -2.26. The Hall–Kier alpha value is -2.17. The van der Waals surface area contributed by atoms with Crippen LogP contribution in [0.4, 0.5) is 11.4 Å². The molecule has 1 saturated heterocycles. The van der Waals surface area contributed by atoms with Crippen molar-refractivity contribution in [2.24, 2.45) is 0 Å². The zero-order valence-corrected chi connectivity index (χ0v) is 11.0. The van der Waals surface area contributed by atoms with Crippen LogP contribution in [0.3, 0.4) is 0 Å². The van der Waals surface area contributed by atoms with Gasteiger partial charge in [-0.3, -0.25) is 10.1 Å². The molecule has 2 rings (SSSR count). The first kappa shape index (κ1) is 14.2. The van der Waals surface area contributed by atoms with E-state index in [1.54, 1.807) is 6.92 Å². The van der Waals surface area contributed by atoms with Crippen molar-refractivity contribution >= 4 is 11.4 Å². The molecule has 106 valence electrons. The fourth-order valence-corrected chi connectivity index (χ4v) is 2.15. The molecule has 0 bridgehead atoms. The van der Waals surface area contributed by atoms with E-state index >= 15 is 0 Å². The summed E-state index contributed by atoms with van der Waals surface area (Å²) in [7, 11) is 0. The maximum atomic E-state index is 11.0. The summed E-state index contributed by atoms with van der Waals surface area (Å²) < 4.78 is 5.30. The molecule has 1 aliphatic rings. The lowest BCUT2D eigenvalue weighted by Crippen LogP contribution is -2.43. The lowest BCUT2D eigenvalue weighted by molar-refractivity contribution is -0.384. The van der Waals surface area contributed by atoms with Crippen LogP contribution in [0.2, 0.25) is 0 Å². The van der Waals surface area contributed by atoms with E-state index in [9.17, 15) is 15.2 Å². The van der Waals surface area contributed by atoms with E-state index < -0.39 is 10.5 Å². The van der Waals surface area contributed by atoms with E-state index in [0.29, 0.717) is 13.0 Å². The average Bonchev–Trinajstić information content (AvgIpc) is 2.76. The third-order valence-corrected chi connectivity index (χ3v) is 3.57. The number of hydrogen-bond acceptors (Lipinski definition) is 6. The molecule has 1 fully saturated rings. The normalized spacial score (nSPS) is 25.1. The Labute approximate surface area is 115 Å². The number of ether oxygens (including phenoxy) is 1. The topological polar surface area (TPSA) is 108 Å². The minimum Gasteiger partial charge on any atom is -0.385 e. The second kappa shape index (κ2) is 5.45. The maximum Gasteiger partial charge on any atom is 0.293 e. The van der Waals surface area contributed by atoms with Gasteiger partial charge in [-0.05, 0) is 19.1 Å². The van der Waals surface area contributed by atoms with Gasteiger partial charge in [-0.1, -0.05) is 0 Å². The number of hydrogen-bond donors (Lipinski definition) is 2. The van der Waals surface area contributed by atoms with Crippen molar-refractivity contribution < 1.29 is 14.8 Å². The molecule has 0 amide bonds.